The zero-order valence-corrected chi connectivity index (χ0v) is 289. The summed E-state index contributed by atoms with van der Waals surface area (Å²) < 4.78 is 0. The summed E-state index contributed by atoms with van der Waals surface area (Å²) in [5, 5.41) is 0. The molecule has 0 saturated heterocycles. The van der Waals surface area contributed by atoms with Crippen LogP contribution in [-0.2, 0) is 0 Å². The molecule has 0 nitrogen and oxygen atoms in total. The number of hydrogen-bond donors (Lipinski definition) is 0. The molecule has 0 aliphatic rings. The van der Waals surface area contributed by atoms with Gasteiger partial charge in [0.25, 0.3) is 0 Å². The first kappa shape index (κ1) is 197. The molecule has 0 saturated carbocycles. The molecule has 0 fully saturated rings. The van der Waals surface area contributed by atoms with E-state index in [9.17, 15) is 0 Å². The standard InChI is InChI=1S/I114/c1-59(2)61(5)63(7)65(9)67(11)69(13)71(15)73(17)75(19)77(21)79(23)81(25)83(27)85(29)87(31)89(33)91(35)93(37)95(39)97(41)99(43)101(45)103(47)105(49)107(51)109(53)111(55)113(57)114(58)112(56)110(54)108(52)106(50)104(48)102(46)100(44)98(42)96(40)94(38)92(36)90(34)88(32)86(30)84(28)82(26)80(24)78(22)76(20)74(18)72(16)70(14)68(12)66(10)64(8)62(6)60(3)4. The summed E-state index contributed by atoms with van der Waals surface area (Å²) in [5.41, 5.74) is 0. The average molecular weight is 14500 g/mol. The van der Waals surface area contributed by atoms with Gasteiger partial charge in [-0.3, -0.25) is 0 Å². The Morgan fingerprint density at radius 1 is 0.0439 bits per heavy atom. The molecule has 0 aromatic heterocycles. The molecule has 114 heteroatoms. The van der Waals surface area contributed by atoms with Crippen molar-refractivity contribution in [1.82, 2.24) is 0 Å². The van der Waals surface area contributed by atoms with Crippen molar-refractivity contribution in [3.05, 3.63) is 0 Å². The molecule has 0 aliphatic carbocycles. The Kier molecular flexibility index (Phi) is 205. The summed E-state index contributed by atoms with van der Waals surface area (Å²) in [5.74, 6) is 0. The van der Waals surface area contributed by atoms with Crippen molar-refractivity contribution >= 4 is 1520 Å². The van der Waals surface area contributed by atoms with Crippen LogP contribution in [0.2, 0.25) is 0 Å². The van der Waals surface area contributed by atoms with E-state index in [0.29, 0.717) is 0 Å². The van der Waals surface area contributed by atoms with Crippen LogP contribution in [0, 0.1) is 0 Å². The van der Waals surface area contributed by atoms with Crippen LogP contribution >= 0.6 is 1520 Å². The molecule has 0 atom stereocenters. The SMILES string of the molecule is II(I)I(I)I(I)I(I)I(I)I(I)I(I)I(I)I(I)I(I)I(I)I(I)I(I)I(I)I(I)I(I)I(I)I(I)I(I)I(I)I(I)I(I)I(I)I(I)I(I)I(I)I(I)I(I)I(I)I(I)I(I)I(I)I(I)I(I)I(I)I(I)I(I)I(I)I(I)I(I)I(I)I(I)I(I)I(I)I(I)I(I)I(I)I(I)I(I)I(I)I(I)I(I)I(I)I(I)I(I)I(I)I. The predicted octanol–water partition coefficient (Wildman–Crippen LogP) is 101. The van der Waals surface area contributed by atoms with Crippen molar-refractivity contribution in [2.75, 3.05) is 0 Å². The zero-order valence-electron chi connectivity index (χ0n) is 43.1. The van der Waals surface area contributed by atoms with Crippen molar-refractivity contribution in [1.29, 1.82) is 0 Å². The topological polar surface area (TPSA) is 0 Å². The molecule has 0 aromatic carbocycles. The molecule has 0 aliphatic heterocycles. The van der Waals surface area contributed by atoms with Crippen molar-refractivity contribution in [2.45, 2.75) is 0 Å². The molecule has 0 bridgehead atoms. The second-order valence-corrected chi connectivity index (χ2v) is 2740. The van der Waals surface area contributed by atoms with Gasteiger partial charge in [-0.15, -0.1) is 0 Å². The van der Waals surface area contributed by atoms with Crippen molar-refractivity contribution in [3.63, 3.8) is 0 Å². The first-order valence-corrected chi connectivity index (χ1v) is 726. The first-order chi connectivity index (χ1) is 51.8. The molecular formula is I114. The van der Waals surface area contributed by atoms with Gasteiger partial charge >= 0.3 is 1520 Å². The Labute approximate surface area is 1430 Å². The third kappa shape index (κ3) is 80.1. The monoisotopic (exact) mass is 14500 g/mol. The van der Waals surface area contributed by atoms with E-state index in [-0.39, 0.29) is 0 Å². The van der Waals surface area contributed by atoms with Crippen LogP contribution in [0.25, 0.3) is 0 Å². The quantitative estimate of drug-likeness (QED) is 0.0533. The molecule has 798 valence electrons. The van der Waals surface area contributed by atoms with Crippen LogP contribution < -0.4 is 0 Å². The van der Waals surface area contributed by atoms with E-state index >= 15 is 0 Å². The van der Waals surface area contributed by atoms with Gasteiger partial charge < -0.3 is 0 Å². The third-order valence-corrected chi connectivity index (χ3v) is 9090. The van der Waals surface area contributed by atoms with Gasteiger partial charge in [0.2, 0.25) is 0 Å². The molecule has 0 spiro atoms. The van der Waals surface area contributed by atoms with E-state index in [1.165, 1.54) is 0 Å². The predicted molar refractivity (Wildman–Crippen MR) is 1600 cm³/mol. The van der Waals surface area contributed by atoms with Crippen LogP contribution in [0.3, 0.4) is 0 Å². The summed E-state index contributed by atoms with van der Waals surface area (Å²) in [6.07, 6.45) is 0. The Bertz CT molecular complexity index is 2260. The molecule has 114 heavy (non-hydrogen) atoms. The van der Waals surface area contributed by atoms with E-state index in [1.54, 1.807) is 0 Å². The Balaban J connectivity index is 5.94. The first-order valence-electron chi connectivity index (χ1n) is 16.1. The molecule has 0 heterocycles. The van der Waals surface area contributed by atoms with Crippen molar-refractivity contribution < 1.29 is 0 Å². The molecule has 0 aromatic rings. The second kappa shape index (κ2) is 118. The normalized spacial score (nSPS) is 19.2. The Morgan fingerprint density at radius 3 is 0.0965 bits per heavy atom. The van der Waals surface area contributed by atoms with E-state index in [1.807, 2.05) is 0 Å². The van der Waals surface area contributed by atoms with Crippen LogP contribution in [0.1, 0.15) is 0 Å². The van der Waals surface area contributed by atoms with Crippen molar-refractivity contribution in [2.24, 2.45) is 0 Å². The fraction of sp³-hybridized carbons (Fsp3) is 0. The number of rotatable bonds is 55. The third-order valence-electron chi connectivity index (χ3n) is 4.49. The van der Waals surface area contributed by atoms with E-state index in [4.69, 9.17) is 0 Å². The van der Waals surface area contributed by atoms with Gasteiger partial charge in [0.1, 0.15) is 0 Å². The second-order valence-electron chi connectivity index (χ2n) is 9.07. The van der Waals surface area contributed by atoms with Crippen LogP contribution in [0.5, 0.6) is 0 Å². The van der Waals surface area contributed by atoms with Crippen molar-refractivity contribution in [3.8, 4) is 0 Å². The van der Waals surface area contributed by atoms with Gasteiger partial charge in [-0.25, -0.2) is 0 Å². The van der Waals surface area contributed by atoms with Gasteiger partial charge in [0.05, 0.1) is 0 Å². The van der Waals surface area contributed by atoms with Crippen LogP contribution in [0.4, 0.5) is 0 Å². The molecule has 0 rings (SSSR count). The molecule has 0 amide bonds. The maximum absolute atomic E-state index is 3.50. The number of halogens is 114. The van der Waals surface area contributed by atoms with Gasteiger partial charge in [0.15, 0.2) is 0 Å². The Morgan fingerprint density at radius 2 is 0.0702 bits per heavy atom. The van der Waals surface area contributed by atoms with E-state index in [2.05, 4.69) is 1080 Å². The minimum atomic E-state index is -0.672. The van der Waals surface area contributed by atoms with Crippen LogP contribution in [0.15, 0.2) is 0 Å². The Hall–Kier alpha value is 83.2. The molecule has 0 radical (unpaired) electrons. The van der Waals surface area contributed by atoms with Gasteiger partial charge in [-0.05, 0) is 0 Å². The van der Waals surface area contributed by atoms with Gasteiger partial charge in [-0.2, -0.15) is 0 Å². The number of hydrogen-bond acceptors (Lipinski definition) is 0. The van der Waals surface area contributed by atoms with E-state index in [0.717, 1.165) is 0 Å². The summed E-state index contributed by atoms with van der Waals surface area (Å²) in [7, 11) is -35.0. The zero-order chi connectivity index (χ0) is 90.3. The van der Waals surface area contributed by atoms with Gasteiger partial charge in [-0.1, -0.05) is 0 Å². The molecular weight excluding hydrogens is 14500 g/mol. The maximum atomic E-state index is 3.50. The fourth-order valence-electron chi connectivity index (χ4n) is 1.67. The molecule has 0 unspecified atom stereocenters. The minimum absolute atomic E-state index is 0.494. The summed E-state index contributed by atoms with van der Waals surface area (Å²) in [4.78, 5) is 0. The molecule has 0 N–H and O–H groups in total. The fourth-order valence-corrected chi connectivity index (χ4v) is 22600. The van der Waals surface area contributed by atoms with E-state index < -0.39 is 442 Å². The summed E-state index contributed by atoms with van der Waals surface area (Å²) in [6.45, 7) is 0. The average Bonchev–Trinajstić information content (AvgIpc) is 0.812. The van der Waals surface area contributed by atoms with Crippen LogP contribution in [-0.4, -0.2) is 0 Å². The van der Waals surface area contributed by atoms with Gasteiger partial charge in [0, 0.05) is 0 Å². The summed E-state index contributed by atoms with van der Waals surface area (Å²) in [6, 6.07) is 0. The summed E-state index contributed by atoms with van der Waals surface area (Å²) >= 11 is 198.